The molecule has 1 fully saturated rings. The molecular weight excluding hydrogens is 456 g/mol. The summed E-state index contributed by atoms with van der Waals surface area (Å²) in [5.74, 6) is -0.388. The lowest BCUT2D eigenvalue weighted by molar-refractivity contribution is -0.116. The molecule has 1 aliphatic heterocycles. The monoisotopic (exact) mass is 480 g/mol. The number of halogens is 1. The number of morpholine rings is 1. The molecule has 156 valence electrons. The fourth-order valence-corrected chi connectivity index (χ4v) is 4.03. The minimum absolute atomic E-state index is 0.00334. The Labute approximate surface area is 183 Å². The van der Waals surface area contributed by atoms with Crippen LogP contribution in [0, 0.1) is 6.92 Å². The Morgan fingerprint density at radius 1 is 1.28 bits per heavy atom. The van der Waals surface area contributed by atoms with Crippen molar-refractivity contribution in [3.8, 4) is 0 Å². The van der Waals surface area contributed by atoms with E-state index in [0.717, 1.165) is 48.6 Å². The second-order valence-electron chi connectivity index (χ2n) is 6.87. The van der Waals surface area contributed by atoms with E-state index in [9.17, 15) is 9.59 Å². The second-order valence-corrected chi connectivity index (χ2v) is 9.02. The van der Waals surface area contributed by atoms with Gasteiger partial charge in [-0.2, -0.15) is 0 Å². The van der Waals surface area contributed by atoms with Crippen molar-refractivity contribution in [3.05, 3.63) is 45.4 Å². The summed E-state index contributed by atoms with van der Waals surface area (Å²) in [7, 11) is 0. The van der Waals surface area contributed by atoms with Gasteiger partial charge >= 0.3 is 0 Å². The number of amides is 2. The third-order valence-corrected chi connectivity index (χ3v) is 5.94. The molecule has 2 heterocycles. The number of hydrogen-bond donors (Lipinski definition) is 1. The molecule has 2 amide bonds. The van der Waals surface area contributed by atoms with E-state index in [-0.39, 0.29) is 18.4 Å². The highest BCUT2D eigenvalue weighted by Crippen LogP contribution is 2.17. The summed E-state index contributed by atoms with van der Waals surface area (Å²) >= 11 is 4.80. The standard InChI is InChI=1S/C20H25BrN4O3S/c1-15-13-22-20(29-15)23-18(26)14-25(8-2-7-24-9-11-28-12-10-24)19(27)16-3-5-17(21)6-4-16/h3-6,13H,2,7-12,14H2,1H3,(H,22,23,26). The third kappa shape index (κ3) is 6.88. The minimum Gasteiger partial charge on any atom is -0.379 e. The largest absolute Gasteiger partial charge is 0.379 e. The maximum atomic E-state index is 13.0. The van der Waals surface area contributed by atoms with Gasteiger partial charge in [-0.1, -0.05) is 15.9 Å². The number of aryl methyl sites for hydroxylation is 1. The zero-order chi connectivity index (χ0) is 20.6. The first-order chi connectivity index (χ1) is 14.0. The highest BCUT2D eigenvalue weighted by Gasteiger charge is 2.20. The molecule has 0 bridgehead atoms. The number of aromatic nitrogens is 1. The van der Waals surface area contributed by atoms with Gasteiger partial charge in [-0.15, -0.1) is 11.3 Å². The number of benzene rings is 1. The molecule has 9 heteroatoms. The van der Waals surface area contributed by atoms with Crippen LogP contribution in [0.15, 0.2) is 34.9 Å². The van der Waals surface area contributed by atoms with Crippen LogP contribution in [0.1, 0.15) is 21.7 Å². The second kappa shape index (κ2) is 10.8. The first-order valence-electron chi connectivity index (χ1n) is 9.58. The zero-order valence-electron chi connectivity index (χ0n) is 16.4. The normalized spacial score (nSPS) is 14.6. The van der Waals surface area contributed by atoms with E-state index in [2.05, 4.69) is 31.1 Å². The van der Waals surface area contributed by atoms with Gasteiger partial charge in [-0.05, 0) is 37.6 Å². The van der Waals surface area contributed by atoms with Crippen LogP contribution in [0.4, 0.5) is 5.13 Å². The van der Waals surface area contributed by atoms with Gasteiger partial charge in [0.1, 0.15) is 6.54 Å². The smallest absolute Gasteiger partial charge is 0.254 e. The zero-order valence-corrected chi connectivity index (χ0v) is 18.8. The van der Waals surface area contributed by atoms with Crippen LogP contribution >= 0.6 is 27.3 Å². The van der Waals surface area contributed by atoms with E-state index in [1.54, 1.807) is 23.2 Å². The lowest BCUT2D eigenvalue weighted by Crippen LogP contribution is -2.41. The Kier molecular flexibility index (Phi) is 8.17. The van der Waals surface area contributed by atoms with Crippen LogP contribution in [-0.2, 0) is 9.53 Å². The van der Waals surface area contributed by atoms with Crippen molar-refractivity contribution in [1.29, 1.82) is 0 Å². The Morgan fingerprint density at radius 2 is 2.00 bits per heavy atom. The number of nitrogens with one attached hydrogen (secondary N) is 1. The van der Waals surface area contributed by atoms with E-state index >= 15 is 0 Å². The van der Waals surface area contributed by atoms with Crippen molar-refractivity contribution >= 4 is 44.2 Å². The lowest BCUT2D eigenvalue weighted by Gasteiger charge is -2.28. The summed E-state index contributed by atoms with van der Waals surface area (Å²) in [5, 5.41) is 3.34. The highest BCUT2D eigenvalue weighted by molar-refractivity contribution is 9.10. The number of thiazole rings is 1. The SMILES string of the molecule is Cc1cnc(NC(=O)CN(CCCN2CCOCC2)C(=O)c2ccc(Br)cc2)s1. The highest BCUT2D eigenvalue weighted by atomic mass is 79.9. The van der Waals surface area contributed by atoms with Gasteiger partial charge in [0.05, 0.1) is 13.2 Å². The predicted octanol–water partition coefficient (Wildman–Crippen LogP) is 3.02. The number of ether oxygens (including phenoxy) is 1. The maximum absolute atomic E-state index is 13.0. The van der Waals surface area contributed by atoms with Gasteiger partial charge in [-0.25, -0.2) is 4.98 Å². The van der Waals surface area contributed by atoms with Crippen LogP contribution in [-0.4, -0.2) is 72.5 Å². The Morgan fingerprint density at radius 3 is 2.66 bits per heavy atom. The molecular formula is C20H25BrN4O3S. The molecule has 0 unspecified atom stereocenters. The van der Waals surface area contributed by atoms with Crippen LogP contribution in [0.2, 0.25) is 0 Å². The van der Waals surface area contributed by atoms with Gasteiger partial charge in [0.2, 0.25) is 5.91 Å². The average Bonchev–Trinajstić information content (AvgIpc) is 3.12. The van der Waals surface area contributed by atoms with Gasteiger partial charge < -0.3 is 15.0 Å². The number of hydrogen-bond acceptors (Lipinski definition) is 6. The molecule has 7 nitrogen and oxygen atoms in total. The first kappa shape index (κ1) is 21.9. The van der Waals surface area contributed by atoms with E-state index in [1.165, 1.54) is 11.3 Å². The van der Waals surface area contributed by atoms with Gasteiger partial charge in [-0.3, -0.25) is 14.5 Å². The van der Waals surface area contributed by atoms with E-state index in [4.69, 9.17) is 4.74 Å². The topological polar surface area (TPSA) is 74.8 Å². The van der Waals surface area contributed by atoms with Crippen molar-refractivity contribution in [2.75, 3.05) is 51.3 Å². The van der Waals surface area contributed by atoms with Crippen molar-refractivity contribution in [2.45, 2.75) is 13.3 Å². The summed E-state index contributed by atoms with van der Waals surface area (Å²) in [4.78, 5) is 34.6. The number of nitrogens with zero attached hydrogens (tertiary/aromatic N) is 3. The van der Waals surface area contributed by atoms with Crippen molar-refractivity contribution < 1.29 is 14.3 Å². The molecule has 1 saturated heterocycles. The molecule has 1 N–H and O–H groups in total. The summed E-state index contributed by atoms with van der Waals surface area (Å²) in [6.45, 7) is 6.62. The number of carbonyl (C=O) groups excluding carboxylic acids is 2. The summed E-state index contributed by atoms with van der Waals surface area (Å²) < 4.78 is 6.28. The average molecular weight is 481 g/mol. The van der Waals surface area contributed by atoms with Crippen molar-refractivity contribution in [1.82, 2.24) is 14.8 Å². The number of rotatable bonds is 8. The van der Waals surface area contributed by atoms with Crippen LogP contribution < -0.4 is 5.32 Å². The number of carbonyl (C=O) groups is 2. The molecule has 0 spiro atoms. The molecule has 2 aromatic rings. The van der Waals surface area contributed by atoms with Crippen molar-refractivity contribution in [3.63, 3.8) is 0 Å². The molecule has 1 aromatic carbocycles. The molecule has 0 atom stereocenters. The minimum atomic E-state index is -0.240. The first-order valence-corrected chi connectivity index (χ1v) is 11.2. The summed E-state index contributed by atoms with van der Waals surface area (Å²) in [6, 6.07) is 7.20. The van der Waals surface area contributed by atoms with E-state index in [0.29, 0.717) is 17.2 Å². The van der Waals surface area contributed by atoms with Crippen LogP contribution in [0.25, 0.3) is 0 Å². The van der Waals surface area contributed by atoms with E-state index in [1.807, 2.05) is 19.1 Å². The molecule has 0 saturated carbocycles. The Hall–Kier alpha value is -1.81. The Bertz CT molecular complexity index is 821. The Balaban J connectivity index is 1.61. The third-order valence-electron chi connectivity index (χ3n) is 4.59. The molecule has 0 aliphatic carbocycles. The molecule has 3 rings (SSSR count). The summed E-state index contributed by atoms with van der Waals surface area (Å²) in [6.07, 6.45) is 2.51. The quantitative estimate of drug-likeness (QED) is 0.628. The van der Waals surface area contributed by atoms with Gasteiger partial charge in [0.25, 0.3) is 5.91 Å². The van der Waals surface area contributed by atoms with Crippen LogP contribution in [0.5, 0.6) is 0 Å². The number of anilines is 1. The molecule has 1 aliphatic rings. The van der Waals surface area contributed by atoms with Crippen LogP contribution in [0.3, 0.4) is 0 Å². The summed E-state index contributed by atoms with van der Waals surface area (Å²) in [5.41, 5.74) is 0.567. The van der Waals surface area contributed by atoms with Gasteiger partial charge in [0, 0.05) is 47.3 Å². The fourth-order valence-electron chi connectivity index (χ4n) is 3.08. The fraction of sp³-hybridized carbons (Fsp3) is 0.450. The molecule has 1 aromatic heterocycles. The lowest BCUT2D eigenvalue weighted by atomic mass is 10.2. The predicted molar refractivity (Wildman–Crippen MR) is 117 cm³/mol. The molecule has 0 radical (unpaired) electrons. The van der Waals surface area contributed by atoms with Gasteiger partial charge in [0.15, 0.2) is 5.13 Å². The maximum Gasteiger partial charge on any atom is 0.254 e. The molecule has 29 heavy (non-hydrogen) atoms. The van der Waals surface area contributed by atoms with Crippen molar-refractivity contribution in [2.24, 2.45) is 0 Å². The van der Waals surface area contributed by atoms with E-state index < -0.39 is 0 Å².